The van der Waals surface area contributed by atoms with Crippen LogP contribution in [0.1, 0.15) is 13.8 Å². The average molecular weight is 208 g/mol. The maximum atomic E-state index is 8.74. The fourth-order valence-corrected chi connectivity index (χ4v) is 0.224. The van der Waals surface area contributed by atoms with Crippen LogP contribution in [0, 0.1) is 0 Å². The minimum absolute atomic E-state index is 0. The summed E-state index contributed by atoms with van der Waals surface area (Å²) in [5, 5.41) is 0. The van der Waals surface area contributed by atoms with Crippen molar-refractivity contribution in [1.82, 2.24) is 0 Å². The van der Waals surface area contributed by atoms with Crippen LogP contribution in [0.5, 0.6) is 0 Å². The topological polar surface area (TPSA) is 74.6 Å². The number of nitrogens with zero attached hydrogens (tertiary/aromatic N) is 1. The van der Waals surface area contributed by atoms with Crippen molar-refractivity contribution in [2.24, 2.45) is 0 Å². The van der Waals surface area contributed by atoms with Gasteiger partial charge in [-0.05, 0) is 13.8 Å². The molecule has 78 valence electrons. The summed E-state index contributed by atoms with van der Waals surface area (Å²) in [5.41, 5.74) is 0. The van der Waals surface area contributed by atoms with E-state index in [-0.39, 0.29) is 18.9 Å². The monoisotopic (exact) mass is 208 g/mol. The van der Waals surface area contributed by atoms with E-state index in [2.05, 4.69) is 27.9 Å². The van der Waals surface area contributed by atoms with Crippen molar-refractivity contribution in [3.63, 3.8) is 0 Å². The number of rotatable bonds is 2. The van der Waals surface area contributed by atoms with Crippen LogP contribution in [0.4, 0.5) is 0 Å². The van der Waals surface area contributed by atoms with Crippen molar-refractivity contribution in [2.45, 2.75) is 13.8 Å². The van der Waals surface area contributed by atoms with Crippen molar-refractivity contribution < 1.29 is 22.0 Å². The van der Waals surface area contributed by atoms with Crippen LogP contribution in [0.3, 0.4) is 0 Å². The Morgan fingerprint density at radius 1 is 1.08 bits per heavy atom. The molecule has 13 heavy (non-hydrogen) atoms. The van der Waals surface area contributed by atoms with Gasteiger partial charge in [0.1, 0.15) is 0 Å². The molecule has 7 heteroatoms. The van der Waals surface area contributed by atoms with Gasteiger partial charge in [0.2, 0.25) is 0 Å². The molecule has 0 aliphatic rings. The first-order valence-corrected chi connectivity index (χ1v) is 5.04. The molecule has 0 atom stereocenters. The zero-order valence-corrected chi connectivity index (χ0v) is 8.80. The average Bonchev–Trinajstić information content (AvgIpc) is 1.85. The maximum absolute atomic E-state index is 8.74. The van der Waals surface area contributed by atoms with Gasteiger partial charge in [-0.15, -0.1) is 0 Å². The molecule has 0 aromatic rings. The van der Waals surface area contributed by atoms with Gasteiger partial charge in [-0.2, -0.15) is 8.42 Å². The van der Waals surface area contributed by atoms with Crippen LogP contribution in [-0.2, 0) is 10.4 Å². The SMILES string of the molecule is CC[N+](C)(C)CC.O=S(=O)(O)O.[LiH]. The Bertz CT molecular complexity index is 189. The van der Waals surface area contributed by atoms with Crippen molar-refractivity contribution in [2.75, 3.05) is 27.2 Å². The number of hydrogen-bond donors (Lipinski definition) is 2. The summed E-state index contributed by atoms with van der Waals surface area (Å²) in [5.74, 6) is 0. The fraction of sp³-hybridized carbons (Fsp3) is 1.00. The van der Waals surface area contributed by atoms with Crippen molar-refractivity contribution in [3.05, 3.63) is 0 Å². The molecule has 0 radical (unpaired) electrons. The molecule has 5 nitrogen and oxygen atoms in total. The quantitative estimate of drug-likeness (QED) is 0.374. The molecule has 0 aromatic carbocycles. The number of quaternary nitrogens is 1. The van der Waals surface area contributed by atoms with E-state index in [9.17, 15) is 0 Å². The molecule has 0 saturated heterocycles. The second kappa shape index (κ2) is 7.80. The molecule has 0 bridgehead atoms. The van der Waals surface area contributed by atoms with Gasteiger partial charge in [0.25, 0.3) is 0 Å². The summed E-state index contributed by atoms with van der Waals surface area (Å²) in [7, 11) is -0.194. The van der Waals surface area contributed by atoms with Gasteiger partial charge >= 0.3 is 29.3 Å². The van der Waals surface area contributed by atoms with E-state index < -0.39 is 10.4 Å². The second-order valence-corrected chi connectivity index (χ2v) is 3.91. The molecule has 0 unspecified atom stereocenters. The third-order valence-electron chi connectivity index (χ3n) is 1.71. The van der Waals surface area contributed by atoms with Crippen LogP contribution in [0.25, 0.3) is 0 Å². The van der Waals surface area contributed by atoms with Crippen LogP contribution >= 0.6 is 0 Å². The first kappa shape index (κ1) is 19.1. The van der Waals surface area contributed by atoms with Crippen LogP contribution in [0.2, 0.25) is 0 Å². The predicted molar refractivity (Wildman–Crippen MR) is 54.5 cm³/mol. The molecule has 0 rings (SSSR count). The molecule has 0 aliphatic heterocycles. The first-order valence-electron chi connectivity index (χ1n) is 3.64. The Balaban J connectivity index is -0.000000150. The molecule has 0 spiro atoms. The normalized spacial score (nSPS) is 10.9. The Morgan fingerprint density at radius 2 is 1.23 bits per heavy atom. The van der Waals surface area contributed by atoms with E-state index in [4.69, 9.17) is 17.5 Å². The molecule has 0 saturated carbocycles. The minimum atomic E-state index is -4.67. The first-order chi connectivity index (χ1) is 5.12. The summed E-state index contributed by atoms with van der Waals surface area (Å²) in [6.07, 6.45) is 0. The van der Waals surface area contributed by atoms with Gasteiger partial charge in [-0.25, -0.2) is 0 Å². The third-order valence-corrected chi connectivity index (χ3v) is 1.71. The van der Waals surface area contributed by atoms with Crippen LogP contribution in [0.15, 0.2) is 0 Å². The van der Waals surface area contributed by atoms with Crippen molar-refractivity contribution in [3.8, 4) is 0 Å². The van der Waals surface area contributed by atoms with Gasteiger partial charge in [0, 0.05) is 0 Å². The van der Waals surface area contributed by atoms with E-state index in [0.29, 0.717) is 0 Å². The van der Waals surface area contributed by atoms with Gasteiger partial charge in [-0.1, -0.05) is 0 Å². The van der Waals surface area contributed by atoms with E-state index in [1.165, 1.54) is 13.1 Å². The van der Waals surface area contributed by atoms with Crippen molar-refractivity contribution in [1.29, 1.82) is 0 Å². The van der Waals surface area contributed by atoms with Crippen molar-refractivity contribution >= 4 is 29.3 Å². The molecule has 0 aromatic heterocycles. The Hall–Kier alpha value is 0.427. The molecule has 2 N–H and O–H groups in total. The van der Waals surface area contributed by atoms with E-state index in [1.54, 1.807) is 0 Å². The van der Waals surface area contributed by atoms with Gasteiger partial charge < -0.3 is 4.48 Å². The Labute approximate surface area is 92.5 Å². The standard InChI is InChI=1S/C6H16N.Li.H2O4S.H/c1-5-7(3,4)6-2;;1-5(2,3)4;/h5-6H2,1-4H3;;(H2,1,2,3,4);/q+1;;;. The summed E-state index contributed by atoms with van der Waals surface area (Å²) in [6, 6.07) is 0. The summed E-state index contributed by atoms with van der Waals surface area (Å²) < 4.78 is 32.7. The third kappa shape index (κ3) is 32.7. The number of hydrogen-bond acceptors (Lipinski definition) is 2. The molecular formula is C6H19LiNO4S+. The Morgan fingerprint density at radius 3 is 1.23 bits per heavy atom. The zero-order valence-electron chi connectivity index (χ0n) is 7.98. The zero-order chi connectivity index (χ0) is 10.4. The predicted octanol–water partition coefficient (Wildman–Crippen LogP) is -0.199. The summed E-state index contributed by atoms with van der Waals surface area (Å²) in [6.45, 7) is 6.89. The van der Waals surface area contributed by atoms with Crippen LogP contribution < -0.4 is 0 Å². The van der Waals surface area contributed by atoms with Gasteiger partial charge in [0.05, 0.1) is 27.2 Å². The van der Waals surface area contributed by atoms with Gasteiger partial charge in [0.15, 0.2) is 0 Å². The van der Waals surface area contributed by atoms with Gasteiger partial charge in [-0.3, -0.25) is 9.11 Å². The summed E-state index contributed by atoms with van der Waals surface area (Å²) >= 11 is 0. The molecule has 0 fully saturated rings. The Kier molecular flexibility index (Phi) is 11.4. The molecule has 0 heterocycles. The van der Waals surface area contributed by atoms with E-state index in [0.717, 1.165) is 4.48 Å². The van der Waals surface area contributed by atoms with E-state index in [1.807, 2.05) is 0 Å². The molecular weight excluding hydrogens is 189 g/mol. The fourth-order valence-electron chi connectivity index (χ4n) is 0.224. The van der Waals surface area contributed by atoms with E-state index >= 15 is 0 Å². The second-order valence-electron chi connectivity index (χ2n) is 3.02. The summed E-state index contributed by atoms with van der Waals surface area (Å²) in [4.78, 5) is 0. The van der Waals surface area contributed by atoms with Crippen LogP contribution in [-0.4, -0.2) is 68.1 Å². The molecule has 0 aliphatic carbocycles. The molecule has 0 amide bonds.